The summed E-state index contributed by atoms with van der Waals surface area (Å²) in [5.74, 6) is 0.945. The van der Waals surface area contributed by atoms with Gasteiger partial charge in [-0.15, -0.1) is 0 Å². The predicted molar refractivity (Wildman–Crippen MR) is 116 cm³/mol. The van der Waals surface area contributed by atoms with Gasteiger partial charge >= 0.3 is 0 Å². The van der Waals surface area contributed by atoms with Gasteiger partial charge in [0.2, 0.25) is 15.9 Å². The van der Waals surface area contributed by atoms with Crippen molar-refractivity contribution in [1.29, 1.82) is 0 Å². The summed E-state index contributed by atoms with van der Waals surface area (Å²) in [7, 11) is -3.63. The number of rotatable bonds is 6. The van der Waals surface area contributed by atoms with Crippen molar-refractivity contribution >= 4 is 15.9 Å². The van der Waals surface area contributed by atoms with Gasteiger partial charge in [-0.25, -0.2) is 8.42 Å². The van der Waals surface area contributed by atoms with Crippen LogP contribution in [0.5, 0.6) is 11.5 Å². The van der Waals surface area contributed by atoms with E-state index in [4.69, 9.17) is 9.47 Å². The van der Waals surface area contributed by atoms with Crippen LogP contribution in [0.4, 0.5) is 0 Å². The maximum absolute atomic E-state index is 13.0. The van der Waals surface area contributed by atoms with Gasteiger partial charge in [-0.05, 0) is 24.6 Å². The number of fused-ring (bicyclic) bond motifs is 1. The minimum atomic E-state index is -3.63. The van der Waals surface area contributed by atoms with Gasteiger partial charge < -0.3 is 14.8 Å². The first-order valence-corrected chi connectivity index (χ1v) is 11.8. The van der Waals surface area contributed by atoms with Crippen molar-refractivity contribution in [2.24, 2.45) is 0 Å². The highest BCUT2D eigenvalue weighted by Gasteiger charge is 2.30. The van der Waals surface area contributed by atoms with E-state index < -0.39 is 10.0 Å². The molecule has 8 nitrogen and oxygen atoms in total. The summed E-state index contributed by atoms with van der Waals surface area (Å²) in [5, 5.41) is 3.00. The minimum Gasteiger partial charge on any atom is -0.486 e. The highest BCUT2D eigenvalue weighted by molar-refractivity contribution is 7.89. The molecule has 2 aliphatic rings. The molecule has 31 heavy (non-hydrogen) atoms. The summed E-state index contributed by atoms with van der Waals surface area (Å²) in [5.41, 5.74) is 1.05. The number of nitrogens with zero attached hydrogens (tertiary/aromatic N) is 2. The summed E-state index contributed by atoms with van der Waals surface area (Å²) in [6.45, 7) is 4.71. The van der Waals surface area contributed by atoms with E-state index in [0.29, 0.717) is 50.9 Å². The molecule has 0 saturated carbocycles. The summed E-state index contributed by atoms with van der Waals surface area (Å²) < 4.78 is 38.5. The molecule has 0 spiro atoms. The Labute approximate surface area is 182 Å². The number of sulfonamides is 1. The Bertz CT molecular complexity index is 1020. The fourth-order valence-corrected chi connectivity index (χ4v) is 5.21. The summed E-state index contributed by atoms with van der Waals surface area (Å²) in [6, 6.07) is 14.4. The number of carbonyl (C=O) groups is 1. The number of ether oxygens (including phenoxy) is 2. The molecule has 1 N–H and O–H groups in total. The molecule has 1 saturated heterocycles. The lowest BCUT2D eigenvalue weighted by molar-refractivity contribution is -0.123. The van der Waals surface area contributed by atoms with E-state index in [-0.39, 0.29) is 23.4 Å². The third kappa shape index (κ3) is 5.00. The molecule has 166 valence electrons. The number of amides is 1. The highest BCUT2D eigenvalue weighted by Crippen LogP contribution is 2.33. The van der Waals surface area contributed by atoms with E-state index in [0.717, 1.165) is 5.56 Å². The Morgan fingerprint density at radius 1 is 1.00 bits per heavy atom. The van der Waals surface area contributed by atoms with E-state index in [1.807, 2.05) is 42.2 Å². The number of nitrogens with one attached hydrogen (secondary N) is 1. The maximum atomic E-state index is 13.0. The van der Waals surface area contributed by atoms with Crippen LogP contribution in [0.3, 0.4) is 0 Å². The van der Waals surface area contributed by atoms with Crippen molar-refractivity contribution in [2.45, 2.75) is 17.9 Å². The van der Waals surface area contributed by atoms with Crippen molar-refractivity contribution in [2.75, 3.05) is 45.9 Å². The van der Waals surface area contributed by atoms with E-state index in [1.54, 1.807) is 12.1 Å². The Morgan fingerprint density at radius 2 is 1.68 bits per heavy atom. The quantitative estimate of drug-likeness (QED) is 0.727. The molecule has 0 radical (unpaired) electrons. The number of hydrogen-bond acceptors (Lipinski definition) is 6. The van der Waals surface area contributed by atoms with Crippen molar-refractivity contribution in [3.63, 3.8) is 0 Å². The molecule has 2 aromatic rings. The summed E-state index contributed by atoms with van der Waals surface area (Å²) in [6.07, 6.45) is 0. The molecule has 1 amide bonds. The first kappa shape index (κ1) is 21.6. The summed E-state index contributed by atoms with van der Waals surface area (Å²) in [4.78, 5) is 14.6. The predicted octanol–water partition coefficient (Wildman–Crippen LogP) is 1.64. The average Bonchev–Trinajstić information content (AvgIpc) is 2.79. The Kier molecular flexibility index (Phi) is 6.45. The Balaban J connectivity index is 1.31. The number of hydrogen-bond donors (Lipinski definition) is 1. The standard InChI is InChI=1S/C22H27N3O5S/c1-17(18-5-3-2-4-6-18)23-22(26)16-24-9-11-25(12-10-24)31(27,28)19-7-8-20-21(15-19)30-14-13-29-20/h2-8,15,17H,9-14,16H2,1H3,(H,23,26)/t17-/m0/s1. The SMILES string of the molecule is C[C@H](NC(=O)CN1CCN(S(=O)(=O)c2ccc3c(c2)OCCO3)CC1)c1ccccc1. The lowest BCUT2D eigenvalue weighted by Crippen LogP contribution is -2.51. The monoisotopic (exact) mass is 445 g/mol. The maximum Gasteiger partial charge on any atom is 0.243 e. The van der Waals surface area contributed by atoms with Gasteiger partial charge in [-0.2, -0.15) is 4.31 Å². The van der Waals surface area contributed by atoms with Crippen molar-refractivity contribution in [1.82, 2.24) is 14.5 Å². The van der Waals surface area contributed by atoms with Crippen LogP contribution in [0.25, 0.3) is 0 Å². The zero-order valence-electron chi connectivity index (χ0n) is 17.5. The van der Waals surface area contributed by atoms with E-state index in [1.165, 1.54) is 10.4 Å². The number of carbonyl (C=O) groups excluding carboxylic acids is 1. The zero-order chi connectivity index (χ0) is 21.8. The third-order valence-electron chi connectivity index (χ3n) is 5.53. The Hall–Kier alpha value is -2.62. The van der Waals surface area contributed by atoms with Gasteiger partial charge in [0.05, 0.1) is 17.5 Å². The topological polar surface area (TPSA) is 88.2 Å². The third-order valence-corrected chi connectivity index (χ3v) is 7.42. The van der Waals surface area contributed by atoms with Crippen LogP contribution in [0, 0.1) is 0 Å². The molecule has 2 heterocycles. The Morgan fingerprint density at radius 3 is 2.39 bits per heavy atom. The van der Waals surface area contributed by atoms with Crippen molar-refractivity contribution < 1.29 is 22.7 Å². The van der Waals surface area contributed by atoms with Gasteiger partial charge in [0.1, 0.15) is 13.2 Å². The molecule has 0 bridgehead atoms. The van der Waals surface area contributed by atoms with Gasteiger partial charge in [-0.3, -0.25) is 9.69 Å². The van der Waals surface area contributed by atoms with Crippen LogP contribution in [0.2, 0.25) is 0 Å². The second kappa shape index (κ2) is 9.25. The van der Waals surface area contributed by atoms with Crippen LogP contribution in [-0.4, -0.2) is 69.5 Å². The minimum absolute atomic E-state index is 0.0699. The fourth-order valence-electron chi connectivity index (χ4n) is 3.78. The van der Waals surface area contributed by atoms with Gasteiger partial charge in [-0.1, -0.05) is 30.3 Å². The average molecular weight is 446 g/mol. The largest absolute Gasteiger partial charge is 0.486 e. The molecule has 2 aliphatic heterocycles. The van der Waals surface area contributed by atoms with Crippen LogP contribution < -0.4 is 14.8 Å². The molecule has 2 aromatic carbocycles. The molecular formula is C22H27N3O5S. The van der Waals surface area contributed by atoms with E-state index in [9.17, 15) is 13.2 Å². The normalized spacial score (nSPS) is 18.4. The molecular weight excluding hydrogens is 418 g/mol. The molecule has 0 unspecified atom stereocenters. The van der Waals surface area contributed by atoms with Gasteiger partial charge in [0.25, 0.3) is 0 Å². The molecule has 1 atom stereocenters. The second-order valence-corrected chi connectivity index (χ2v) is 9.62. The molecule has 4 rings (SSSR count). The first-order chi connectivity index (χ1) is 14.9. The fraction of sp³-hybridized carbons (Fsp3) is 0.409. The van der Waals surface area contributed by atoms with Gasteiger partial charge in [0, 0.05) is 32.2 Å². The van der Waals surface area contributed by atoms with E-state index >= 15 is 0 Å². The smallest absolute Gasteiger partial charge is 0.243 e. The molecule has 0 aliphatic carbocycles. The van der Waals surface area contributed by atoms with Crippen molar-refractivity contribution in [3.05, 3.63) is 54.1 Å². The number of benzene rings is 2. The van der Waals surface area contributed by atoms with E-state index in [2.05, 4.69) is 5.32 Å². The van der Waals surface area contributed by atoms with Crippen LogP contribution in [0.15, 0.2) is 53.4 Å². The lowest BCUT2D eigenvalue weighted by Gasteiger charge is -2.33. The molecule has 0 aromatic heterocycles. The van der Waals surface area contributed by atoms with Crippen LogP contribution in [0.1, 0.15) is 18.5 Å². The second-order valence-electron chi connectivity index (χ2n) is 7.69. The van der Waals surface area contributed by atoms with Crippen LogP contribution >= 0.6 is 0 Å². The lowest BCUT2D eigenvalue weighted by atomic mass is 10.1. The van der Waals surface area contributed by atoms with Gasteiger partial charge in [0.15, 0.2) is 11.5 Å². The molecule has 9 heteroatoms. The molecule has 1 fully saturated rings. The zero-order valence-corrected chi connectivity index (χ0v) is 18.3. The van der Waals surface area contributed by atoms with Crippen LogP contribution in [-0.2, 0) is 14.8 Å². The summed E-state index contributed by atoms with van der Waals surface area (Å²) >= 11 is 0. The highest BCUT2D eigenvalue weighted by atomic mass is 32.2. The first-order valence-electron chi connectivity index (χ1n) is 10.4. The number of piperazine rings is 1. The van der Waals surface area contributed by atoms with Crippen molar-refractivity contribution in [3.8, 4) is 11.5 Å².